The van der Waals surface area contributed by atoms with E-state index in [-0.39, 0.29) is 5.91 Å². The third-order valence-electron chi connectivity index (χ3n) is 2.18. The minimum atomic E-state index is 0.0447. The van der Waals surface area contributed by atoms with E-state index in [4.69, 9.17) is 0 Å². The summed E-state index contributed by atoms with van der Waals surface area (Å²) in [5, 5.41) is 3.95. The van der Waals surface area contributed by atoms with Crippen LogP contribution in [0.1, 0.15) is 0 Å². The van der Waals surface area contributed by atoms with Gasteiger partial charge >= 0.3 is 0 Å². The molecule has 0 radical (unpaired) electrons. The first kappa shape index (κ1) is 9.33. The maximum atomic E-state index is 11.4. The molecule has 0 atom stereocenters. The number of nitrogens with one attached hydrogen (secondary N) is 1. The monoisotopic (exact) mass is 209 g/mol. The highest BCUT2D eigenvalue weighted by molar-refractivity contribution is 7.98. The molecule has 0 saturated carbocycles. The van der Waals surface area contributed by atoms with Gasteiger partial charge < -0.3 is 5.32 Å². The smallest absolute Gasteiger partial charge is 0.247 e. The van der Waals surface area contributed by atoms with Gasteiger partial charge in [0.05, 0.1) is 17.3 Å². The van der Waals surface area contributed by atoms with Crippen molar-refractivity contribution in [3.8, 4) is 0 Å². The van der Waals surface area contributed by atoms with Crippen LogP contribution in [0.25, 0.3) is 0 Å². The Balaban J connectivity index is 2.46. The summed E-state index contributed by atoms with van der Waals surface area (Å²) in [5.41, 5.74) is 0.921. The van der Waals surface area contributed by atoms with E-state index in [1.54, 1.807) is 23.7 Å². The van der Waals surface area contributed by atoms with E-state index in [0.717, 1.165) is 10.7 Å². The largest absolute Gasteiger partial charge is 0.373 e. The van der Waals surface area contributed by atoms with E-state index in [1.807, 2.05) is 18.4 Å². The third kappa shape index (κ3) is 1.43. The Morgan fingerprint density at radius 2 is 2.36 bits per heavy atom. The highest BCUT2D eigenvalue weighted by Crippen LogP contribution is 2.28. The lowest BCUT2D eigenvalue weighted by Crippen LogP contribution is -2.37. The van der Waals surface area contributed by atoms with Gasteiger partial charge in [0.2, 0.25) is 5.91 Å². The van der Waals surface area contributed by atoms with Crippen LogP contribution in [0.15, 0.2) is 17.2 Å². The summed E-state index contributed by atoms with van der Waals surface area (Å²) < 4.78 is 0. The molecule has 1 aliphatic rings. The first-order chi connectivity index (χ1) is 6.72. The lowest BCUT2D eigenvalue weighted by atomic mass is 10.3. The number of aromatic nitrogens is 1. The quantitative estimate of drug-likeness (QED) is 0.706. The van der Waals surface area contributed by atoms with E-state index in [0.29, 0.717) is 12.4 Å². The Morgan fingerprint density at radius 3 is 3.07 bits per heavy atom. The van der Waals surface area contributed by atoms with Crippen molar-refractivity contribution in [3.05, 3.63) is 12.1 Å². The predicted octanol–water partition coefficient (Wildman–Crippen LogP) is 1.19. The van der Waals surface area contributed by atoms with E-state index < -0.39 is 0 Å². The number of likely N-dealkylation sites (N-methyl/N-ethyl adjacent to an activating group) is 1. The molecule has 0 bridgehead atoms. The molecule has 1 aromatic heterocycles. The molecule has 0 aliphatic carbocycles. The second-order valence-corrected chi connectivity index (χ2v) is 3.86. The summed E-state index contributed by atoms with van der Waals surface area (Å²) in [6.07, 6.45) is 1.97. The van der Waals surface area contributed by atoms with Gasteiger partial charge in [0.1, 0.15) is 0 Å². The molecule has 0 aromatic carbocycles. The minimum absolute atomic E-state index is 0.0447. The number of rotatable bonds is 1. The van der Waals surface area contributed by atoms with Gasteiger partial charge in [0, 0.05) is 7.05 Å². The first-order valence-electron chi connectivity index (χ1n) is 4.28. The zero-order valence-corrected chi connectivity index (χ0v) is 8.89. The van der Waals surface area contributed by atoms with Crippen LogP contribution in [-0.4, -0.2) is 30.7 Å². The molecular formula is C9H11N3OS. The average Bonchev–Trinajstić information content (AvgIpc) is 2.23. The number of carbonyl (C=O) groups excluding carboxylic acids is 1. The van der Waals surface area contributed by atoms with Crippen molar-refractivity contribution in [1.82, 2.24) is 4.98 Å². The van der Waals surface area contributed by atoms with Gasteiger partial charge in [-0.2, -0.15) is 0 Å². The maximum Gasteiger partial charge on any atom is 0.247 e. The van der Waals surface area contributed by atoms with Gasteiger partial charge in [-0.05, 0) is 18.4 Å². The molecule has 0 unspecified atom stereocenters. The van der Waals surface area contributed by atoms with Crippen LogP contribution in [-0.2, 0) is 4.79 Å². The fourth-order valence-corrected chi connectivity index (χ4v) is 1.73. The molecule has 2 heterocycles. The van der Waals surface area contributed by atoms with Gasteiger partial charge in [-0.1, -0.05) is 0 Å². The second kappa shape index (κ2) is 3.49. The number of carbonyl (C=O) groups is 1. The third-order valence-corrected chi connectivity index (χ3v) is 2.83. The predicted molar refractivity (Wildman–Crippen MR) is 57.9 cm³/mol. The van der Waals surface area contributed by atoms with Crippen molar-refractivity contribution < 1.29 is 4.79 Å². The summed E-state index contributed by atoms with van der Waals surface area (Å²) in [7, 11) is 1.75. The molecule has 5 heteroatoms. The number of hydrogen-bond acceptors (Lipinski definition) is 4. The molecule has 0 spiro atoms. The first-order valence-corrected chi connectivity index (χ1v) is 5.50. The average molecular weight is 209 g/mol. The van der Waals surface area contributed by atoms with Crippen LogP contribution in [0.2, 0.25) is 0 Å². The minimum Gasteiger partial charge on any atom is -0.373 e. The van der Waals surface area contributed by atoms with Crippen molar-refractivity contribution in [1.29, 1.82) is 0 Å². The van der Waals surface area contributed by atoms with Crippen molar-refractivity contribution in [2.24, 2.45) is 0 Å². The second-order valence-electron chi connectivity index (χ2n) is 3.03. The standard InChI is InChI=1S/C9H11N3OS/c1-12-8(13)5-10-6-3-4-7(14-2)11-9(6)12/h3-4,10H,5H2,1-2H3. The van der Waals surface area contributed by atoms with Crippen molar-refractivity contribution in [2.75, 3.05) is 30.1 Å². The number of fused-ring (bicyclic) bond motifs is 1. The molecule has 14 heavy (non-hydrogen) atoms. The van der Waals surface area contributed by atoms with Crippen LogP contribution >= 0.6 is 11.8 Å². The molecule has 2 rings (SSSR count). The molecule has 1 aliphatic heterocycles. The number of anilines is 2. The summed E-state index contributed by atoms with van der Waals surface area (Å²) in [6.45, 7) is 0.351. The Morgan fingerprint density at radius 1 is 1.57 bits per heavy atom. The van der Waals surface area contributed by atoms with Crippen molar-refractivity contribution in [3.63, 3.8) is 0 Å². The van der Waals surface area contributed by atoms with Gasteiger partial charge in [-0.25, -0.2) is 4.98 Å². The van der Waals surface area contributed by atoms with Crippen LogP contribution in [0.5, 0.6) is 0 Å². The summed E-state index contributed by atoms with van der Waals surface area (Å²) in [6, 6.07) is 3.90. The summed E-state index contributed by atoms with van der Waals surface area (Å²) >= 11 is 1.57. The lowest BCUT2D eigenvalue weighted by molar-refractivity contribution is -0.116. The van der Waals surface area contributed by atoms with Gasteiger partial charge in [0.15, 0.2) is 5.82 Å². The molecule has 1 amide bonds. The molecule has 4 nitrogen and oxygen atoms in total. The molecule has 1 N–H and O–H groups in total. The fourth-order valence-electron chi connectivity index (χ4n) is 1.35. The number of nitrogens with zero attached hydrogens (tertiary/aromatic N) is 2. The van der Waals surface area contributed by atoms with Crippen LogP contribution in [0, 0.1) is 0 Å². The number of thioether (sulfide) groups is 1. The summed E-state index contributed by atoms with van der Waals surface area (Å²) in [5.74, 6) is 0.761. The Bertz CT molecular complexity index is 380. The van der Waals surface area contributed by atoms with E-state index >= 15 is 0 Å². The molecular weight excluding hydrogens is 198 g/mol. The van der Waals surface area contributed by atoms with E-state index in [2.05, 4.69) is 10.3 Å². The maximum absolute atomic E-state index is 11.4. The summed E-state index contributed by atoms with van der Waals surface area (Å²) in [4.78, 5) is 17.3. The zero-order valence-electron chi connectivity index (χ0n) is 8.07. The number of hydrogen-bond donors (Lipinski definition) is 1. The van der Waals surface area contributed by atoms with Crippen LogP contribution in [0.3, 0.4) is 0 Å². The molecule has 0 saturated heterocycles. The molecule has 74 valence electrons. The Kier molecular flexibility index (Phi) is 2.33. The number of pyridine rings is 1. The van der Waals surface area contributed by atoms with Crippen molar-refractivity contribution in [2.45, 2.75) is 5.03 Å². The van der Waals surface area contributed by atoms with Gasteiger partial charge in [-0.15, -0.1) is 11.8 Å². The van der Waals surface area contributed by atoms with Gasteiger partial charge in [-0.3, -0.25) is 9.69 Å². The van der Waals surface area contributed by atoms with Crippen molar-refractivity contribution >= 4 is 29.2 Å². The van der Waals surface area contributed by atoms with Crippen LogP contribution < -0.4 is 10.2 Å². The lowest BCUT2D eigenvalue weighted by Gasteiger charge is -2.25. The Hall–Kier alpha value is -1.23. The highest BCUT2D eigenvalue weighted by Gasteiger charge is 2.21. The number of amides is 1. The topological polar surface area (TPSA) is 45.2 Å². The molecule has 0 fully saturated rings. The highest BCUT2D eigenvalue weighted by atomic mass is 32.2. The fraction of sp³-hybridized carbons (Fsp3) is 0.333. The van der Waals surface area contributed by atoms with Crippen LogP contribution in [0.4, 0.5) is 11.5 Å². The normalized spacial score (nSPS) is 15.0. The van der Waals surface area contributed by atoms with E-state index in [1.165, 1.54) is 0 Å². The molecule has 1 aromatic rings. The zero-order chi connectivity index (χ0) is 10.1. The SMILES string of the molecule is CSc1ccc2c(n1)N(C)C(=O)CN2. The van der Waals surface area contributed by atoms with Gasteiger partial charge in [0.25, 0.3) is 0 Å². The Labute approximate surface area is 86.7 Å². The van der Waals surface area contributed by atoms with E-state index in [9.17, 15) is 4.79 Å².